The van der Waals surface area contributed by atoms with Crippen molar-refractivity contribution in [2.24, 2.45) is 11.8 Å². The highest BCUT2D eigenvalue weighted by Gasteiger charge is 2.31. The first-order valence-electron chi connectivity index (χ1n) is 10.4. The maximum atomic E-state index is 12.6. The first kappa shape index (κ1) is 20.5. The van der Waals surface area contributed by atoms with E-state index in [-0.39, 0.29) is 24.0 Å². The summed E-state index contributed by atoms with van der Waals surface area (Å²) in [5.41, 5.74) is 0.939. The zero-order chi connectivity index (χ0) is 20.1. The number of ether oxygens (including phenoxy) is 2. The second-order valence-corrected chi connectivity index (χ2v) is 8.06. The average Bonchev–Trinajstić information content (AvgIpc) is 3.21. The van der Waals surface area contributed by atoms with Gasteiger partial charge in [0.2, 0.25) is 5.91 Å². The average molecular weight is 389 g/mol. The molecule has 0 saturated heterocycles. The van der Waals surface area contributed by atoms with Crippen molar-refractivity contribution in [1.29, 1.82) is 0 Å². The van der Waals surface area contributed by atoms with Gasteiger partial charge in [0, 0.05) is 5.92 Å². The Kier molecular flexibility index (Phi) is 6.81. The van der Waals surface area contributed by atoms with Crippen LogP contribution in [0.1, 0.15) is 69.9 Å². The highest BCUT2D eigenvalue weighted by atomic mass is 16.5. The number of carboxylic acid groups (broad SMARTS) is 1. The Morgan fingerprint density at radius 2 is 1.79 bits per heavy atom. The number of carbonyl (C=O) groups excluding carboxylic acids is 1. The van der Waals surface area contributed by atoms with Crippen molar-refractivity contribution in [2.75, 3.05) is 7.11 Å². The summed E-state index contributed by atoms with van der Waals surface area (Å²) in [6.07, 6.45) is 7.44. The van der Waals surface area contributed by atoms with Crippen molar-refractivity contribution in [2.45, 2.75) is 70.4 Å². The Labute approximate surface area is 166 Å². The summed E-state index contributed by atoms with van der Waals surface area (Å²) in [6, 6.07) is 5.59. The van der Waals surface area contributed by atoms with Crippen LogP contribution >= 0.6 is 0 Å². The zero-order valence-electron chi connectivity index (χ0n) is 16.8. The molecule has 1 aromatic carbocycles. The summed E-state index contributed by atoms with van der Waals surface area (Å²) in [6.45, 7) is 1.93. The van der Waals surface area contributed by atoms with Gasteiger partial charge in [-0.05, 0) is 69.6 Å². The highest BCUT2D eigenvalue weighted by molar-refractivity contribution is 5.80. The van der Waals surface area contributed by atoms with Crippen LogP contribution < -0.4 is 14.8 Å². The van der Waals surface area contributed by atoms with Crippen LogP contribution in [0.25, 0.3) is 0 Å². The van der Waals surface area contributed by atoms with Crippen LogP contribution in [0.5, 0.6) is 11.5 Å². The normalized spacial score (nSPS) is 23.8. The molecule has 0 bridgehead atoms. The maximum absolute atomic E-state index is 12.6. The van der Waals surface area contributed by atoms with Crippen molar-refractivity contribution >= 4 is 11.9 Å². The number of hydrogen-bond acceptors (Lipinski definition) is 4. The van der Waals surface area contributed by atoms with Crippen LogP contribution in [0, 0.1) is 11.8 Å². The molecule has 2 fully saturated rings. The molecule has 6 nitrogen and oxygen atoms in total. The predicted molar refractivity (Wildman–Crippen MR) is 106 cm³/mol. The number of carboxylic acids is 1. The Bertz CT molecular complexity index is 698. The molecular weight excluding hydrogens is 358 g/mol. The smallest absolute Gasteiger partial charge is 0.306 e. The van der Waals surface area contributed by atoms with E-state index in [0.29, 0.717) is 18.6 Å². The molecule has 2 aliphatic rings. The van der Waals surface area contributed by atoms with E-state index < -0.39 is 11.9 Å². The Morgan fingerprint density at radius 3 is 2.46 bits per heavy atom. The maximum Gasteiger partial charge on any atom is 0.306 e. The summed E-state index contributed by atoms with van der Waals surface area (Å²) in [5, 5.41) is 12.3. The largest absolute Gasteiger partial charge is 0.493 e. The third kappa shape index (κ3) is 4.97. The van der Waals surface area contributed by atoms with E-state index in [1.165, 1.54) is 12.8 Å². The quantitative estimate of drug-likeness (QED) is 0.734. The van der Waals surface area contributed by atoms with Gasteiger partial charge in [0.1, 0.15) is 0 Å². The molecule has 28 heavy (non-hydrogen) atoms. The standard InChI is InChI=1S/C22H31NO5/c1-14(23-21(24)16-6-5-7-17(12-16)22(25)26)15-10-11-19(20(13-15)27-2)28-18-8-3-4-9-18/h10-11,13-14,16-18H,3-9,12H2,1-2H3,(H,23,24)(H,25,26). The number of aliphatic carboxylic acids is 1. The van der Waals surface area contributed by atoms with Crippen LogP contribution in [0.2, 0.25) is 0 Å². The molecule has 154 valence electrons. The van der Waals surface area contributed by atoms with Crippen LogP contribution in [-0.4, -0.2) is 30.2 Å². The van der Waals surface area contributed by atoms with Gasteiger partial charge in [-0.15, -0.1) is 0 Å². The monoisotopic (exact) mass is 389 g/mol. The van der Waals surface area contributed by atoms with Crippen molar-refractivity contribution < 1.29 is 24.2 Å². The summed E-state index contributed by atoms with van der Waals surface area (Å²) in [5.74, 6) is -0.0877. The minimum Gasteiger partial charge on any atom is -0.493 e. The van der Waals surface area contributed by atoms with Gasteiger partial charge in [0.25, 0.3) is 0 Å². The second-order valence-electron chi connectivity index (χ2n) is 8.06. The number of nitrogens with one attached hydrogen (secondary N) is 1. The molecule has 1 aromatic rings. The molecule has 0 radical (unpaired) electrons. The number of methoxy groups -OCH3 is 1. The lowest BCUT2D eigenvalue weighted by Crippen LogP contribution is -2.36. The fourth-order valence-corrected chi connectivity index (χ4v) is 4.30. The summed E-state index contributed by atoms with van der Waals surface area (Å²) >= 11 is 0. The molecule has 3 rings (SSSR count). The number of rotatable bonds is 7. The number of amides is 1. The summed E-state index contributed by atoms with van der Waals surface area (Å²) in [4.78, 5) is 23.9. The fraction of sp³-hybridized carbons (Fsp3) is 0.636. The van der Waals surface area contributed by atoms with Crippen molar-refractivity contribution in [3.8, 4) is 11.5 Å². The number of hydrogen-bond donors (Lipinski definition) is 2. The molecule has 0 aromatic heterocycles. The molecule has 0 spiro atoms. The molecule has 3 atom stereocenters. The van der Waals surface area contributed by atoms with E-state index in [0.717, 1.165) is 37.0 Å². The SMILES string of the molecule is COc1cc(C(C)NC(=O)C2CCCC(C(=O)O)C2)ccc1OC1CCCC1. The molecule has 2 saturated carbocycles. The van der Waals surface area contributed by atoms with E-state index >= 15 is 0 Å². The first-order valence-corrected chi connectivity index (χ1v) is 10.4. The van der Waals surface area contributed by atoms with Crippen molar-refractivity contribution in [3.05, 3.63) is 23.8 Å². The molecule has 0 aliphatic heterocycles. The highest BCUT2D eigenvalue weighted by Crippen LogP contribution is 2.34. The zero-order valence-corrected chi connectivity index (χ0v) is 16.8. The second kappa shape index (κ2) is 9.30. The van der Waals surface area contributed by atoms with E-state index in [4.69, 9.17) is 9.47 Å². The van der Waals surface area contributed by atoms with Gasteiger partial charge < -0.3 is 19.9 Å². The lowest BCUT2D eigenvalue weighted by molar-refractivity contribution is -0.144. The third-order valence-electron chi connectivity index (χ3n) is 6.04. The van der Waals surface area contributed by atoms with Crippen molar-refractivity contribution in [3.63, 3.8) is 0 Å². The topological polar surface area (TPSA) is 84.9 Å². The third-order valence-corrected chi connectivity index (χ3v) is 6.04. The van der Waals surface area contributed by atoms with E-state index in [2.05, 4.69) is 5.32 Å². The van der Waals surface area contributed by atoms with Gasteiger partial charge >= 0.3 is 5.97 Å². The van der Waals surface area contributed by atoms with Crippen LogP contribution in [-0.2, 0) is 9.59 Å². The van der Waals surface area contributed by atoms with Crippen LogP contribution in [0.3, 0.4) is 0 Å². The number of carbonyl (C=O) groups is 2. The van der Waals surface area contributed by atoms with Gasteiger partial charge in [0.05, 0.1) is 25.2 Å². The van der Waals surface area contributed by atoms with Gasteiger partial charge in [-0.1, -0.05) is 12.5 Å². The van der Waals surface area contributed by atoms with E-state index in [1.54, 1.807) is 7.11 Å². The lowest BCUT2D eigenvalue weighted by Gasteiger charge is -2.27. The van der Waals surface area contributed by atoms with E-state index in [9.17, 15) is 14.7 Å². The molecule has 3 unspecified atom stereocenters. The van der Waals surface area contributed by atoms with Gasteiger partial charge in [-0.25, -0.2) is 0 Å². The molecule has 0 heterocycles. The Hall–Kier alpha value is -2.24. The number of benzene rings is 1. The minimum absolute atomic E-state index is 0.0660. The fourth-order valence-electron chi connectivity index (χ4n) is 4.30. The van der Waals surface area contributed by atoms with Gasteiger partial charge in [0.15, 0.2) is 11.5 Å². The molecule has 2 aliphatic carbocycles. The molecule has 1 amide bonds. The van der Waals surface area contributed by atoms with E-state index in [1.807, 2.05) is 25.1 Å². The van der Waals surface area contributed by atoms with Crippen LogP contribution in [0.15, 0.2) is 18.2 Å². The van der Waals surface area contributed by atoms with Crippen LogP contribution in [0.4, 0.5) is 0 Å². The molecule has 2 N–H and O–H groups in total. The Morgan fingerprint density at radius 1 is 1.07 bits per heavy atom. The Balaban J connectivity index is 1.62. The lowest BCUT2D eigenvalue weighted by atomic mass is 9.81. The first-order chi connectivity index (χ1) is 13.5. The predicted octanol–water partition coefficient (Wildman–Crippen LogP) is 4.08. The summed E-state index contributed by atoms with van der Waals surface area (Å²) in [7, 11) is 1.62. The molecule has 6 heteroatoms. The van der Waals surface area contributed by atoms with Gasteiger partial charge in [-0.3, -0.25) is 9.59 Å². The van der Waals surface area contributed by atoms with Gasteiger partial charge in [-0.2, -0.15) is 0 Å². The minimum atomic E-state index is -0.798. The van der Waals surface area contributed by atoms with Crippen molar-refractivity contribution in [1.82, 2.24) is 5.32 Å². The summed E-state index contributed by atoms with van der Waals surface area (Å²) < 4.78 is 11.6. The molecular formula is C22H31NO5.